The van der Waals surface area contributed by atoms with Crippen LogP contribution in [0.2, 0.25) is 0 Å². The SMILES string of the molecule is O=C(O)Cc1cn([C@@H]2OC[C@@H](O)[C@@H](O)[C@H]2O[C@H]2O[C@H](CO)[C@@H](O)[C@H](O)[C@H]2O)c2ccccc12. The fourth-order valence-electron chi connectivity index (χ4n) is 4.29. The largest absolute Gasteiger partial charge is 0.481 e. The first-order valence-corrected chi connectivity index (χ1v) is 10.5. The second-order valence-corrected chi connectivity index (χ2v) is 8.23. The number of benzene rings is 1. The van der Waals surface area contributed by atoms with Gasteiger partial charge in [-0.05, 0) is 11.6 Å². The van der Waals surface area contributed by atoms with E-state index in [0.717, 1.165) is 0 Å². The number of hydrogen-bond donors (Lipinski definition) is 7. The van der Waals surface area contributed by atoms with Gasteiger partial charge in [0.05, 0.1) is 25.2 Å². The summed E-state index contributed by atoms with van der Waals surface area (Å²) in [5, 5.41) is 70.5. The molecule has 2 aliphatic heterocycles. The molecule has 2 saturated heterocycles. The maximum atomic E-state index is 11.3. The Hall–Kier alpha value is -2.13. The summed E-state index contributed by atoms with van der Waals surface area (Å²) in [6.45, 7) is -0.914. The Bertz CT molecular complexity index is 978. The average molecular weight is 469 g/mol. The summed E-state index contributed by atoms with van der Waals surface area (Å²) in [6, 6.07) is 6.96. The van der Waals surface area contributed by atoms with E-state index in [-0.39, 0.29) is 13.0 Å². The monoisotopic (exact) mass is 469 g/mol. The lowest BCUT2D eigenvalue weighted by atomic mass is 9.98. The number of fused-ring (bicyclic) bond motifs is 1. The van der Waals surface area contributed by atoms with Gasteiger partial charge in [-0.3, -0.25) is 4.79 Å². The van der Waals surface area contributed by atoms with Crippen LogP contribution in [0.3, 0.4) is 0 Å². The molecular formula is C21H27NO11. The van der Waals surface area contributed by atoms with Crippen molar-refractivity contribution in [3.8, 4) is 0 Å². The maximum Gasteiger partial charge on any atom is 0.307 e. The lowest BCUT2D eigenvalue weighted by Gasteiger charge is -2.44. The molecule has 4 rings (SSSR count). The van der Waals surface area contributed by atoms with Gasteiger partial charge in [0.1, 0.15) is 42.7 Å². The zero-order valence-corrected chi connectivity index (χ0v) is 17.4. The predicted molar refractivity (Wildman–Crippen MR) is 109 cm³/mol. The van der Waals surface area contributed by atoms with Crippen LogP contribution < -0.4 is 0 Å². The summed E-state index contributed by atoms with van der Waals surface area (Å²) < 4.78 is 18.4. The second kappa shape index (κ2) is 9.62. The molecule has 2 aliphatic rings. The molecule has 12 nitrogen and oxygen atoms in total. The molecule has 0 spiro atoms. The Labute approximate surface area is 187 Å². The van der Waals surface area contributed by atoms with E-state index in [9.17, 15) is 40.5 Å². The van der Waals surface area contributed by atoms with Crippen molar-refractivity contribution >= 4 is 16.9 Å². The van der Waals surface area contributed by atoms with Crippen LogP contribution in [0.25, 0.3) is 10.9 Å². The van der Waals surface area contributed by atoms with Gasteiger partial charge in [-0.15, -0.1) is 0 Å². The van der Waals surface area contributed by atoms with Crippen LogP contribution >= 0.6 is 0 Å². The first kappa shape index (κ1) is 24.0. The van der Waals surface area contributed by atoms with Gasteiger partial charge in [-0.25, -0.2) is 0 Å². The first-order chi connectivity index (χ1) is 15.7. The number of carboxylic acids is 1. The van der Waals surface area contributed by atoms with Gasteiger partial charge in [-0.2, -0.15) is 0 Å². The van der Waals surface area contributed by atoms with Gasteiger partial charge < -0.3 is 54.5 Å². The van der Waals surface area contributed by atoms with E-state index in [0.29, 0.717) is 16.5 Å². The molecule has 9 atom stereocenters. The average Bonchev–Trinajstić information content (AvgIpc) is 3.14. The van der Waals surface area contributed by atoms with Crippen molar-refractivity contribution in [1.29, 1.82) is 0 Å². The minimum atomic E-state index is -1.72. The number of ether oxygens (including phenoxy) is 3. The molecule has 3 heterocycles. The Balaban J connectivity index is 1.69. The third kappa shape index (κ3) is 4.49. The molecule has 7 N–H and O–H groups in total. The van der Waals surface area contributed by atoms with E-state index in [1.54, 1.807) is 35.0 Å². The molecule has 0 radical (unpaired) electrons. The number of aliphatic hydroxyl groups is 6. The summed E-state index contributed by atoms with van der Waals surface area (Å²) in [6.07, 6.45) is -11.8. The predicted octanol–water partition coefficient (Wildman–Crippen LogP) is -2.30. The lowest BCUT2D eigenvalue weighted by molar-refractivity contribution is -0.341. The third-order valence-electron chi connectivity index (χ3n) is 6.03. The lowest BCUT2D eigenvalue weighted by Crippen LogP contribution is -2.62. The molecule has 33 heavy (non-hydrogen) atoms. The molecule has 0 bridgehead atoms. The Morgan fingerprint density at radius 3 is 2.48 bits per heavy atom. The second-order valence-electron chi connectivity index (χ2n) is 8.23. The highest BCUT2D eigenvalue weighted by atomic mass is 16.7. The van der Waals surface area contributed by atoms with Crippen molar-refractivity contribution in [2.24, 2.45) is 0 Å². The fourth-order valence-corrected chi connectivity index (χ4v) is 4.29. The topological polar surface area (TPSA) is 191 Å². The molecule has 182 valence electrons. The van der Waals surface area contributed by atoms with Gasteiger partial charge in [0, 0.05) is 11.6 Å². The molecule has 0 aliphatic carbocycles. The quantitative estimate of drug-likeness (QED) is 0.241. The van der Waals surface area contributed by atoms with E-state index >= 15 is 0 Å². The normalized spacial score (nSPS) is 37.3. The van der Waals surface area contributed by atoms with Crippen LogP contribution in [-0.4, -0.2) is 109 Å². The summed E-state index contributed by atoms with van der Waals surface area (Å²) in [5.41, 5.74) is 1.08. The van der Waals surface area contributed by atoms with Gasteiger partial charge >= 0.3 is 5.97 Å². The highest BCUT2D eigenvalue weighted by Gasteiger charge is 2.49. The number of nitrogens with zero attached hydrogens (tertiary/aromatic N) is 1. The number of hydrogen-bond acceptors (Lipinski definition) is 10. The maximum absolute atomic E-state index is 11.3. The van der Waals surface area contributed by atoms with Crippen molar-refractivity contribution < 1.29 is 54.8 Å². The van der Waals surface area contributed by atoms with Crippen LogP contribution in [-0.2, 0) is 25.4 Å². The van der Waals surface area contributed by atoms with Crippen LogP contribution in [0.1, 0.15) is 11.8 Å². The zero-order valence-electron chi connectivity index (χ0n) is 17.4. The van der Waals surface area contributed by atoms with Crippen LogP contribution in [0.5, 0.6) is 0 Å². The molecule has 0 unspecified atom stereocenters. The van der Waals surface area contributed by atoms with E-state index < -0.39 is 67.8 Å². The molecule has 1 aromatic carbocycles. The smallest absolute Gasteiger partial charge is 0.307 e. The van der Waals surface area contributed by atoms with Crippen LogP contribution in [0.4, 0.5) is 0 Å². The van der Waals surface area contributed by atoms with Gasteiger partial charge in [0.15, 0.2) is 12.5 Å². The van der Waals surface area contributed by atoms with Crippen LogP contribution in [0, 0.1) is 0 Å². The van der Waals surface area contributed by atoms with Crippen molar-refractivity contribution in [1.82, 2.24) is 4.57 Å². The number of aromatic nitrogens is 1. The summed E-state index contributed by atoms with van der Waals surface area (Å²) in [7, 11) is 0. The Morgan fingerprint density at radius 2 is 1.79 bits per heavy atom. The fraction of sp³-hybridized carbons (Fsp3) is 0.571. The molecule has 2 aromatic rings. The number of carboxylic acid groups (broad SMARTS) is 1. The summed E-state index contributed by atoms with van der Waals surface area (Å²) in [5.74, 6) is -1.04. The molecule has 12 heteroatoms. The minimum Gasteiger partial charge on any atom is -0.481 e. The standard InChI is InChI=1S/C21H27NO11/c23-7-13-16(28)17(29)18(30)21(32-13)33-19-15(27)12(24)8-31-20(19)22-6-9(5-14(25)26)10-3-1-2-4-11(10)22/h1-4,6,12-13,15-21,23-24,27-30H,5,7-8H2,(H,25,26)/t12-,13-,15-,16-,17+,18-,19-,20-,21-/m1/s1. The highest BCUT2D eigenvalue weighted by Crippen LogP contribution is 2.35. The van der Waals surface area contributed by atoms with Crippen molar-refractivity contribution in [2.45, 2.75) is 61.7 Å². The van der Waals surface area contributed by atoms with Gasteiger partial charge in [0.2, 0.25) is 0 Å². The van der Waals surface area contributed by atoms with Gasteiger partial charge in [0.25, 0.3) is 0 Å². The van der Waals surface area contributed by atoms with Crippen molar-refractivity contribution in [2.75, 3.05) is 13.2 Å². The molecule has 2 fully saturated rings. The van der Waals surface area contributed by atoms with Crippen LogP contribution in [0.15, 0.2) is 30.5 Å². The highest BCUT2D eigenvalue weighted by molar-refractivity contribution is 5.87. The number of para-hydroxylation sites is 1. The molecule has 0 amide bonds. The number of rotatable bonds is 6. The first-order valence-electron chi connectivity index (χ1n) is 10.5. The molecular weight excluding hydrogens is 442 g/mol. The number of aliphatic carboxylic acids is 1. The van der Waals surface area contributed by atoms with Crippen molar-refractivity contribution in [3.05, 3.63) is 36.0 Å². The molecule has 1 aromatic heterocycles. The van der Waals surface area contributed by atoms with Gasteiger partial charge in [-0.1, -0.05) is 18.2 Å². The molecule has 0 saturated carbocycles. The summed E-state index contributed by atoms with van der Waals surface area (Å²) in [4.78, 5) is 11.3. The van der Waals surface area contributed by atoms with E-state index in [1.807, 2.05) is 0 Å². The number of carbonyl (C=O) groups is 1. The van der Waals surface area contributed by atoms with E-state index in [1.165, 1.54) is 0 Å². The van der Waals surface area contributed by atoms with E-state index in [2.05, 4.69) is 0 Å². The third-order valence-corrected chi connectivity index (χ3v) is 6.03. The van der Waals surface area contributed by atoms with Crippen molar-refractivity contribution in [3.63, 3.8) is 0 Å². The Kier molecular flexibility index (Phi) is 7.00. The minimum absolute atomic E-state index is 0.249. The summed E-state index contributed by atoms with van der Waals surface area (Å²) >= 11 is 0. The Morgan fingerprint density at radius 1 is 1.06 bits per heavy atom. The number of aliphatic hydroxyl groups excluding tert-OH is 6. The van der Waals surface area contributed by atoms with E-state index in [4.69, 9.17) is 14.2 Å². The zero-order chi connectivity index (χ0) is 23.9.